The van der Waals surface area contributed by atoms with Crippen molar-refractivity contribution >= 4 is 11.8 Å². The van der Waals surface area contributed by atoms with E-state index in [9.17, 15) is 9.59 Å². The molecule has 0 bridgehead atoms. The maximum atomic E-state index is 13.2. The third-order valence-corrected chi connectivity index (χ3v) is 5.66. The van der Waals surface area contributed by atoms with E-state index in [-0.39, 0.29) is 11.8 Å². The molecule has 2 amide bonds. The molecule has 0 fully saturated rings. The summed E-state index contributed by atoms with van der Waals surface area (Å²) in [5.41, 5.74) is 2.71. The zero-order valence-electron chi connectivity index (χ0n) is 18.8. The summed E-state index contributed by atoms with van der Waals surface area (Å²) < 4.78 is 17.0. The highest BCUT2D eigenvalue weighted by atomic mass is 16.5. The summed E-state index contributed by atoms with van der Waals surface area (Å²) in [5.74, 6) is 0.584. The van der Waals surface area contributed by atoms with Gasteiger partial charge in [0.2, 0.25) is 0 Å². The molecule has 170 valence electrons. The maximum Gasteiger partial charge on any atom is 0.262 e. The van der Waals surface area contributed by atoms with Crippen LogP contribution in [0.5, 0.6) is 11.5 Å². The quantitative estimate of drug-likeness (QED) is 0.323. The van der Waals surface area contributed by atoms with Crippen LogP contribution in [-0.2, 0) is 11.3 Å². The fraction of sp³-hybridized carbons (Fsp3) is 0.259. The molecule has 1 aliphatic rings. The predicted molar refractivity (Wildman–Crippen MR) is 125 cm³/mol. The molecule has 3 aromatic carbocycles. The molecule has 0 spiro atoms. The topological polar surface area (TPSA) is 65.1 Å². The first-order chi connectivity index (χ1) is 16.1. The van der Waals surface area contributed by atoms with Crippen molar-refractivity contribution in [2.75, 3.05) is 20.3 Å². The number of fused-ring (bicyclic) bond motifs is 1. The molecule has 0 N–H and O–H groups in total. The number of nitrogens with zero attached hydrogens (tertiary/aromatic N) is 1. The van der Waals surface area contributed by atoms with Gasteiger partial charge in [0.25, 0.3) is 11.8 Å². The van der Waals surface area contributed by atoms with Crippen molar-refractivity contribution in [3.63, 3.8) is 0 Å². The first-order valence-corrected chi connectivity index (χ1v) is 11.0. The van der Waals surface area contributed by atoms with E-state index < -0.39 is 6.04 Å². The van der Waals surface area contributed by atoms with E-state index in [1.807, 2.05) is 49.4 Å². The lowest BCUT2D eigenvalue weighted by Gasteiger charge is -2.27. The Hall–Kier alpha value is -3.64. The van der Waals surface area contributed by atoms with Crippen LogP contribution in [0.1, 0.15) is 51.2 Å². The van der Waals surface area contributed by atoms with Gasteiger partial charge in [-0.2, -0.15) is 0 Å². The van der Waals surface area contributed by atoms with Gasteiger partial charge in [-0.15, -0.1) is 0 Å². The fourth-order valence-electron chi connectivity index (χ4n) is 4.06. The van der Waals surface area contributed by atoms with Crippen LogP contribution in [0.4, 0.5) is 0 Å². The maximum absolute atomic E-state index is 13.2. The van der Waals surface area contributed by atoms with Crippen molar-refractivity contribution in [3.05, 3.63) is 95.1 Å². The van der Waals surface area contributed by atoms with Crippen LogP contribution in [0.2, 0.25) is 0 Å². The van der Waals surface area contributed by atoms with Crippen LogP contribution < -0.4 is 9.47 Å². The van der Waals surface area contributed by atoms with Gasteiger partial charge in [-0.1, -0.05) is 48.5 Å². The van der Waals surface area contributed by atoms with Crippen LogP contribution in [0.25, 0.3) is 0 Å². The Morgan fingerprint density at radius 1 is 0.848 bits per heavy atom. The van der Waals surface area contributed by atoms with E-state index in [1.165, 1.54) is 4.90 Å². The first-order valence-electron chi connectivity index (χ1n) is 11.0. The van der Waals surface area contributed by atoms with Crippen LogP contribution in [0.15, 0.2) is 72.8 Å². The zero-order chi connectivity index (χ0) is 23.2. The first kappa shape index (κ1) is 22.6. The molecule has 0 saturated carbocycles. The van der Waals surface area contributed by atoms with Gasteiger partial charge in [-0.3, -0.25) is 14.5 Å². The van der Waals surface area contributed by atoms with Crippen LogP contribution in [-0.4, -0.2) is 37.0 Å². The SMILES string of the molecule is CCOc1cc(C(CCOCc2ccccc2)N2C(=O)c3ccccc3C2=O)ccc1OC. The lowest BCUT2D eigenvalue weighted by Crippen LogP contribution is -2.34. The van der Waals surface area contributed by atoms with Crippen molar-refractivity contribution in [2.24, 2.45) is 0 Å². The smallest absolute Gasteiger partial charge is 0.262 e. The number of amides is 2. The summed E-state index contributed by atoms with van der Waals surface area (Å²) in [7, 11) is 1.58. The largest absolute Gasteiger partial charge is 0.493 e. The van der Waals surface area contributed by atoms with Gasteiger partial charge >= 0.3 is 0 Å². The molecule has 1 atom stereocenters. The third-order valence-electron chi connectivity index (χ3n) is 5.66. The Labute approximate surface area is 193 Å². The normalized spacial score (nSPS) is 13.7. The molecule has 0 aliphatic carbocycles. The molecule has 0 aromatic heterocycles. The van der Waals surface area contributed by atoms with Crippen molar-refractivity contribution in [1.82, 2.24) is 4.90 Å². The molecular formula is C27H27NO5. The summed E-state index contributed by atoms with van der Waals surface area (Å²) in [6, 6.07) is 21.8. The number of benzene rings is 3. The van der Waals surface area contributed by atoms with E-state index in [0.717, 1.165) is 11.1 Å². The molecule has 6 heteroatoms. The number of imide groups is 1. The van der Waals surface area contributed by atoms with Gasteiger partial charge < -0.3 is 14.2 Å². The molecule has 1 aliphatic heterocycles. The second-order valence-electron chi connectivity index (χ2n) is 7.71. The number of hydrogen-bond acceptors (Lipinski definition) is 5. The van der Waals surface area contributed by atoms with E-state index >= 15 is 0 Å². The van der Waals surface area contributed by atoms with Gasteiger partial charge in [-0.25, -0.2) is 0 Å². The number of carbonyl (C=O) groups is 2. The zero-order valence-corrected chi connectivity index (χ0v) is 18.8. The number of hydrogen-bond donors (Lipinski definition) is 0. The second kappa shape index (κ2) is 10.3. The van der Waals surface area contributed by atoms with E-state index in [2.05, 4.69) is 0 Å². The Balaban J connectivity index is 1.61. The van der Waals surface area contributed by atoms with Gasteiger partial charge in [0.05, 0.1) is 37.5 Å². The lowest BCUT2D eigenvalue weighted by atomic mass is 10.0. The van der Waals surface area contributed by atoms with Crippen molar-refractivity contribution in [2.45, 2.75) is 26.0 Å². The van der Waals surface area contributed by atoms with Crippen LogP contribution in [0.3, 0.4) is 0 Å². The summed E-state index contributed by atoms with van der Waals surface area (Å²) in [6.07, 6.45) is 0.455. The predicted octanol–water partition coefficient (Wildman–Crippen LogP) is 5.04. The van der Waals surface area contributed by atoms with E-state index in [0.29, 0.717) is 48.9 Å². The van der Waals surface area contributed by atoms with E-state index in [4.69, 9.17) is 14.2 Å². The Morgan fingerprint density at radius 2 is 1.52 bits per heavy atom. The molecule has 33 heavy (non-hydrogen) atoms. The molecule has 0 radical (unpaired) electrons. The van der Waals surface area contributed by atoms with Gasteiger partial charge in [0.1, 0.15) is 0 Å². The summed E-state index contributed by atoms with van der Waals surface area (Å²) in [6.45, 7) is 3.20. The lowest BCUT2D eigenvalue weighted by molar-refractivity contribution is 0.0509. The number of carbonyl (C=O) groups excluding carboxylic acids is 2. The summed E-state index contributed by atoms with van der Waals surface area (Å²) in [4.78, 5) is 27.8. The van der Waals surface area contributed by atoms with Gasteiger partial charge in [0.15, 0.2) is 11.5 Å². The molecule has 6 nitrogen and oxygen atoms in total. The third kappa shape index (κ3) is 4.76. The minimum atomic E-state index is -0.502. The molecular weight excluding hydrogens is 418 g/mol. The molecule has 1 unspecified atom stereocenters. The van der Waals surface area contributed by atoms with Crippen molar-refractivity contribution in [1.29, 1.82) is 0 Å². The standard InChI is InChI=1S/C27H27NO5/c1-3-33-25-17-20(13-14-24(25)31-2)23(15-16-32-18-19-9-5-4-6-10-19)28-26(29)21-11-7-8-12-22(21)27(28)30/h4-14,17,23H,3,15-16,18H2,1-2H3. The average molecular weight is 446 g/mol. The molecule has 4 rings (SSSR count). The molecule has 0 saturated heterocycles. The number of ether oxygens (including phenoxy) is 3. The average Bonchev–Trinajstić information content (AvgIpc) is 3.10. The minimum Gasteiger partial charge on any atom is -0.493 e. The second-order valence-corrected chi connectivity index (χ2v) is 7.71. The highest BCUT2D eigenvalue weighted by Crippen LogP contribution is 2.37. The minimum absolute atomic E-state index is 0.294. The monoisotopic (exact) mass is 445 g/mol. The fourth-order valence-corrected chi connectivity index (χ4v) is 4.06. The molecule has 1 heterocycles. The van der Waals surface area contributed by atoms with Crippen molar-refractivity contribution in [3.8, 4) is 11.5 Å². The Kier molecular flexibility index (Phi) is 7.05. The van der Waals surface area contributed by atoms with Crippen molar-refractivity contribution < 1.29 is 23.8 Å². The van der Waals surface area contributed by atoms with Gasteiger partial charge in [0, 0.05) is 6.61 Å². The van der Waals surface area contributed by atoms with E-state index in [1.54, 1.807) is 37.4 Å². The summed E-state index contributed by atoms with van der Waals surface area (Å²) >= 11 is 0. The summed E-state index contributed by atoms with van der Waals surface area (Å²) in [5, 5.41) is 0. The van der Waals surface area contributed by atoms with Crippen LogP contribution >= 0.6 is 0 Å². The Morgan fingerprint density at radius 3 is 2.15 bits per heavy atom. The Bertz CT molecular complexity index is 1090. The van der Waals surface area contributed by atoms with Gasteiger partial charge in [-0.05, 0) is 48.7 Å². The highest BCUT2D eigenvalue weighted by Gasteiger charge is 2.40. The van der Waals surface area contributed by atoms with Crippen LogP contribution in [0, 0.1) is 0 Å². The number of rotatable bonds is 10. The number of methoxy groups -OCH3 is 1. The highest BCUT2D eigenvalue weighted by molar-refractivity contribution is 6.21. The molecule has 3 aromatic rings.